The van der Waals surface area contributed by atoms with Gasteiger partial charge in [0.2, 0.25) is 5.91 Å². The molecule has 1 amide bonds. The molecular weight excluding hydrogens is 274 g/mol. The molecule has 0 spiro atoms. The third-order valence-electron chi connectivity index (χ3n) is 4.09. The number of thiophene rings is 1. The number of rotatable bonds is 5. The van der Waals surface area contributed by atoms with E-state index in [1.54, 1.807) is 11.3 Å². The summed E-state index contributed by atoms with van der Waals surface area (Å²) in [5.74, 6) is -0.0842. The van der Waals surface area contributed by atoms with Crippen molar-refractivity contribution >= 4 is 23.1 Å². The van der Waals surface area contributed by atoms with E-state index in [1.165, 1.54) is 0 Å². The molecule has 20 heavy (non-hydrogen) atoms. The summed E-state index contributed by atoms with van der Waals surface area (Å²) < 4.78 is 0. The van der Waals surface area contributed by atoms with Crippen LogP contribution in [0.3, 0.4) is 0 Å². The van der Waals surface area contributed by atoms with E-state index in [2.05, 4.69) is 10.5 Å². The third kappa shape index (κ3) is 2.65. The quantitative estimate of drug-likeness (QED) is 0.338. The van der Waals surface area contributed by atoms with Crippen LogP contribution in [0.25, 0.3) is 0 Å². The van der Waals surface area contributed by atoms with E-state index in [0.29, 0.717) is 12.8 Å². The first-order valence-electron chi connectivity index (χ1n) is 6.96. The minimum Gasteiger partial charge on any atom is -0.409 e. The number of amides is 1. The summed E-state index contributed by atoms with van der Waals surface area (Å²) in [6, 6.07) is 3.99. The number of oxime groups is 1. The minimum absolute atomic E-state index is 0.00790. The summed E-state index contributed by atoms with van der Waals surface area (Å²) >= 11 is 1.63. The highest BCUT2D eigenvalue weighted by molar-refractivity contribution is 7.10. The Labute approximate surface area is 122 Å². The molecule has 0 radical (unpaired) electrons. The molecule has 0 bridgehead atoms. The normalized spacial score (nSPS) is 19.8. The number of nitrogens with zero attached hydrogens (tertiary/aromatic N) is 1. The van der Waals surface area contributed by atoms with Gasteiger partial charge in [-0.3, -0.25) is 4.79 Å². The predicted octanol–water partition coefficient (Wildman–Crippen LogP) is 2.62. The number of carbonyl (C=O) groups excluding carboxylic acids is 1. The lowest BCUT2D eigenvalue weighted by Gasteiger charge is -2.28. The molecule has 0 saturated heterocycles. The average molecular weight is 295 g/mol. The maximum absolute atomic E-state index is 12.7. The van der Waals surface area contributed by atoms with Crippen LogP contribution in [0, 0.1) is 5.41 Å². The van der Waals surface area contributed by atoms with Gasteiger partial charge in [-0.1, -0.05) is 31.0 Å². The molecule has 0 aromatic carbocycles. The summed E-state index contributed by atoms with van der Waals surface area (Å²) in [4.78, 5) is 13.8. The molecule has 0 aliphatic heterocycles. The van der Waals surface area contributed by atoms with Crippen LogP contribution in [-0.4, -0.2) is 17.0 Å². The topological polar surface area (TPSA) is 87.7 Å². The highest BCUT2D eigenvalue weighted by atomic mass is 32.1. The van der Waals surface area contributed by atoms with E-state index in [0.717, 1.165) is 24.1 Å². The number of nitrogens with one attached hydrogen (secondary N) is 1. The van der Waals surface area contributed by atoms with E-state index in [-0.39, 0.29) is 17.8 Å². The highest BCUT2D eigenvalue weighted by Crippen LogP contribution is 2.39. The SMILES string of the molecule is CCC(NC(=O)C1(C(N)=NO)CCCC1)c1cccs1. The molecule has 4 N–H and O–H groups in total. The van der Waals surface area contributed by atoms with Gasteiger partial charge in [0.25, 0.3) is 0 Å². The number of hydrogen-bond acceptors (Lipinski definition) is 4. The number of carbonyl (C=O) groups is 1. The molecule has 1 atom stereocenters. The maximum atomic E-state index is 12.7. The van der Waals surface area contributed by atoms with Gasteiger partial charge >= 0.3 is 0 Å². The van der Waals surface area contributed by atoms with Crippen LogP contribution in [-0.2, 0) is 4.79 Å². The van der Waals surface area contributed by atoms with Gasteiger partial charge < -0.3 is 16.3 Å². The molecule has 1 aliphatic carbocycles. The molecule has 2 rings (SSSR count). The van der Waals surface area contributed by atoms with Crippen molar-refractivity contribution < 1.29 is 10.0 Å². The molecule has 1 saturated carbocycles. The number of amidine groups is 1. The van der Waals surface area contributed by atoms with E-state index in [1.807, 2.05) is 24.4 Å². The first-order chi connectivity index (χ1) is 9.64. The van der Waals surface area contributed by atoms with Crippen molar-refractivity contribution in [1.29, 1.82) is 0 Å². The summed E-state index contributed by atoms with van der Waals surface area (Å²) in [5, 5.41) is 17.1. The molecule has 5 nitrogen and oxygen atoms in total. The van der Waals surface area contributed by atoms with Gasteiger partial charge in [0, 0.05) is 4.88 Å². The van der Waals surface area contributed by atoms with Gasteiger partial charge in [-0.15, -0.1) is 11.3 Å². The Kier molecular flexibility index (Phi) is 4.65. The lowest BCUT2D eigenvalue weighted by atomic mass is 9.83. The fourth-order valence-corrected chi connectivity index (χ4v) is 3.70. The second kappa shape index (κ2) is 6.26. The second-order valence-corrected chi connectivity index (χ2v) is 6.20. The second-order valence-electron chi connectivity index (χ2n) is 5.22. The first kappa shape index (κ1) is 14.8. The Morgan fingerprint density at radius 1 is 1.60 bits per heavy atom. The average Bonchev–Trinajstić information content (AvgIpc) is 3.14. The van der Waals surface area contributed by atoms with Gasteiger partial charge in [-0.05, 0) is 30.7 Å². The van der Waals surface area contributed by atoms with Crippen LogP contribution < -0.4 is 11.1 Å². The highest BCUT2D eigenvalue weighted by Gasteiger charge is 2.45. The van der Waals surface area contributed by atoms with Crippen LogP contribution in [0.15, 0.2) is 22.7 Å². The van der Waals surface area contributed by atoms with E-state index >= 15 is 0 Å². The minimum atomic E-state index is -0.834. The predicted molar refractivity (Wildman–Crippen MR) is 79.8 cm³/mol. The molecule has 6 heteroatoms. The zero-order chi connectivity index (χ0) is 14.6. The molecule has 1 heterocycles. The Hall–Kier alpha value is -1.56. The van der Waals surface area contributed by atoms with Crippen molar-refractivity contribution in [3.05, 3.63) is 22.4 Å². The zero-order valence-electron chi connectivity index (χ0n) is 11.6. The maximum Gasteiger partial charge on any atom is 0.234 e. The lowest BCUT2D eigenvalue weighted by molar-refractivity contribution is -0.128. The van der Waals surface area contributed by atoms with E-state index < -0.39 is 5.41 Å². The van der Waals surface area contributed by atoms with E-state index in [4.69, 9.17) is 10.9 Å². The zero-order valence-corrected chi connectivity index (χ0v) is 12.4. The fourth-order valence-electron chi connectivity index (χ4n) is 2.83. The van der Waals surface area contributed by atoms with Gasteiger partial charge in [-0.2, -0.15) is 0 Å². The molecule has 1 aliphatic rings. The molecule has 1 aromatic heterocycles. The summed E-state index contributed by atoms with van der Waals surface area (Å²) in [5.41, 5.74) is 4.96. The van der Waals surface area contributed by atoms with Crippen LogP contribution in [0.5, 0.6) is 0 Å². The van der Waals surface area contributed by atoms with Crippen molar-refractivity contribution in [1.82, 2.24) is 5.32 Å². The Balaban J connectivity index is 2.17. The third-order valence-corrected chi connectivity index (χ3v) is 5.08. The van der Waals surface area contributed by atoms with Crippen LogP contribution in [0.1, 0.15) is 49.9 Å². The van der Waals surface area contributed by atoms with E-state index in [9.17, 15) is 4.79 Å². The van der Waals surface area contributed by atoms with Crippen molar-refractivity contribution in [3.63, 3.8) is 0 Å². The van der Waals surface area contributed by atoms with Crippen LogP contribution in [0.4, 0.5) is 0 Å². The van der Waals surface area contributed by atoms with Crippen molar-refractivity contribution in [2.24, 2.45) is 16.3 Å². The van der Waals surface area contributed by atoms with Crippen molar-refractivity contribution in [2.75, 3.05) is 0 Å². The van der Waals surface area contributed by atoms with Crippen LogP contribution in [0.2, 0.25) is 0 Å². The smallest absolute Gasteiger partial charge is 0.234 e. The lowest BCUT2D eigenvalue weighted by Crippen LogP contribution is -2.49. The molecule has 110 valence electrons. The number of nitrogens with two attached hydrogens (primary N) is 1. The van der Waals surface area contributed by atoms with Gasteiger partial charge in [0.05, 0.1) is 6.04 Å². The molecule has 1 fully saturated rings. The standard InChI is InChI=1S/C14H21N3O2S/c1-2-10(11-6-5-9-20-11)16-13(18)14(12(15)17-19)7-3-4-8-14/h5-6,9-10,19H,2-4,7-8H2,1H3,(H2,15,17)(H,16,18). The van der Waals surface area contributed by atoms with Crippen molar-refractivity contribution in [2.45, 2.75) is 45.1 Å². The van der Waals surface area contributed by atoms with Gasteiger partial charge in [0.15, 0.2) is 5.84 Å². The number of hydrogen-bond donors (Lipinski definition) is 3. The van der Waals surface area contributed by atoms with Crippen LogP contribution >= 0.6 is 11.3 Å². The summed E-state index contributed by atoms with van der Waals surface area (Å²) in [6.45, 7) is 2.04. The monoisotopic (exact) mass is 295 g/mol. The van der Waals surface area contributed by atoms with Gasteiger partial charge in [-0.25, -0.2) is 0 Å². The Bertz CT molecular complexity index is 479. The Morgan fingerprint density at radius 2 is 2.30 bits per heavy atom. The fraction of sp³-hybridized carbons (Fsp3) is 0.571. The van der Waals surface area contributed by atoms with Crippen molar-refractivity contribution in [3.8, 4) is 0 Å². The summed E-state index contributed by atoms with van der Waals surface area (Å²) in [6.07, 6.45) is 3.97. The molecule has 1 unspecified atom stereocenters. The first-order valence-corrected chi connectivity index (χ1v) is 7.84. The summed E-state index contributed by atoms with van der Waals surface area (Å²) in [7, 11) is 0. The molecular formula is C14H21N3O2S. The largest absolute Gasteiger partial charge is 0.409 e. The van der Waals surface area contributed by atoms with Gasteiger partial charge in [0.1, 0.15) is 5.41 Å². The molecule has 1 aromatic rings. The Morgan fingerprint density at radius 3 is 2.80 bits per heavy atom.